The molecule has 0 aromatic heterocycles. The number of amides is 1. The van der Waals surface area contributed by atoms with Crippen LogP contribution in [0.25, 0.3) is 0 Å². The number of likely N-dealkylation sites (N-methyl/N-ethyl adjacent to an activating group) is 1. The predicted octanol–water partition coefficient (Wildman–Crippen LogP) is 16.3. The van der Waals surface area contributed by atoms with Gasteiger partial charge >= 0.3 is 59.8 Å². The average Bonchev–Trinajstić information content (AvgIpc) is 1.68. The molecule has 806 valence electrons. The molecule has 8 atom stereocenters. The summed E-state index contributed by atoms with van der Waals surface area (Å²) in [5, 5.41) is 0. The minimum absolute atomic E-state index is 0.0211. The topological polar surface area (TPSA) is 349 Å². The summed E-state index contributed by atoms with van der Waals surface area (Å²) in [6, 6.07) is 1.61. The lowest BCUT2D eigenvalue weighted by Gasteiger charge is -2.53. The van der Waals surface area contributed by atoms with Gasteiger partial charge in [0.2, 0.25) is 0 Å². The molecule has 0 aromatic rings. The number of morpholine rings is 1. The molecular weight excluding hydrogens is 2720 g/mol. The molecule has 12 fully saturated rings. The second-order valence-corrected chi connectivity index (χ2v) is 61.2. The summed E-state index contributed by atoms with van der Waals surface area (Å²) in [6.07, 6.45) is 19.7. The first-order valence-electron chi connectivity index (χ1n) is 49.6. The molecule has 8 unspecified atom stereocenters. The lowest BCUT2D eigenvalue weighted by molar-refractivity contribution is -0.162. The zero-order valence-electron chi connectivity index (χ0n) is 87.1. The van der Waals surface area contributed by atoms with E-state index >= 15 is 0 Å². The smallest absolute Gasteiger partial charge is 0.410 e. The van der Waals surface area contributed by atoms with Gasteiger partial charge in [0.1, 0.15) is 89.4 Å². The summed E-state index contributed by atoms with van der Waals surface area (Å²) in [6.45, 7) is 51.0. The number of alkyl halides is 8. The molecule has 32 nitrogen and oxygen atoms in total. The van der Waals surface area contributed by atoms with E-state index in [1.54, 1.807) is 4.90 Å². The van der Waals surface area contributed by atoms with E-state index in [4.69, 9.17) is 52.1 Å². The van der Waals surface area contributed by atoms with Gasteiger partial charge in [-0.2, -0.15) is 0 Å². The normalized spacial score (nSPS) is 25.0. The van der Waals surface area contributed by atoms with Crippen LogP contribution in [-0.4, -0.2) is 378 Å². The van der Waals surface area contributed by atoms with Crippen LogP contribution in [0.1, 0.15) is 266 Å². The molecule has 12 saturated heterocycles. The number of piperidine rings is 8. The van der Waals surface area contributed by atoms with Gasteiger partial charge < -0.3 is 61.9 Å². The van der Waals surface area contributed by atoms with Gasteiger partial charge in [0, 0.05) is 148 Å². The number of nitrogens with zero attached hydrogens (tertiary/aromatic N) is 8. The van der Waals surface area contributed by atoms with Gasteiger partial charge in [-0.1, -0.05) is 194 Å². The van der Waals surface area contributed by atoms with Crippen molar-refractivity contribution >= 4 is 256 Å². The number of Topliss-reactive ketones (excluding diaryl/α,β-unsaturated/α-hetero) is 1. The molecule has 0 saturated carbocycles. The third-order valence-electron chi connectivity index (χ3n) is 26.6. The van der Waals surface area contributed by atoms with Crippen molar-refractivity contribution < 1.29 is 113 Å². The van der Waals surface area contributed by atoms with E-state index < -0.39 is 34.7 Å². The summed E-state index contributed by atoms with van der Waals surface area (Å²) in [5.74, 6) is 0.242. The van der Waals surface area contributed by atoms with Crippen LogP contribution >= 0.6 is 181 Å². The van der Waals surface area contributed by atoms with Crippen LogP contribution in [0.3, 0.4) is 0 Å². The molecular formula is C98H168I8N8O24S. The fraction of sp³-hybridized carbons (Fsp3) is 0.888. The maximum absolute atomic E-state index is 12.1. The SMILES string of the molecule is CC(C)(I)C(=O)OC1CN2CCC1CC2.CC(I)C(=O)OC(C)(C)C1CCN(C(=O)OC(C)(C)C)CC1.CCC(I)C(=O)OCCOC(=O)CN1CCOCC1.CN1C(C)(C)CC(OC(=O)C(C)(C)I)CC1(C)C.CN1C2CC(=O)CC1C(OC(=O)C(C)(C)I)C2.CN1C2CCC1CC(OC(=O)C(C)(C)I)C2.O=C(CCCI)OCCN1CCCCC1.O=C(CCCI)OCCN1CCS(=O)(=O)CC1. The van der Waals surface area contributed by atoms with Crippen molar-refractivity contribution in [2.75, 3.05) is 173 Å². The van der Waals surface area contributed by atoms with Gasteiger partial charge in [-0.05, 0) is 261 Å². The number of fused-ring (bicyclic) bond motifs is 7. The van der Waals surface area contributed by atoms with Gasteiger partial charge in [0.05, 0.1) is 37.3 Å². The number of ketones is 1. The number of likely N-dealkylation sites (tertiary alicyclic amines) is 3. The first-order chi connectivity index (χ1) is 64.4. The lowest BCUT2D eigenvalue weighted by atomic mass is 9.78. The Morgan fingerprint density at radius 3 is 1.40 bits per heavy atom. The Hall–Kier alpha value is -0.360. The molecule has 12 aliphatic rings. The fourth-order valence-electron chi connectivity index (χ4n) is 17.7. The van der Waals surface area contributed by atoms with Crippen LogP contribution < -0.4 is 0 Å². The molecule has 12 heterocycles. The van der Waals surface area contributed by atoms with Crippen molar-refractivity contribution in [1.82, 2.24) is 39.2 Å². The van der Waals surface area contributed by atoms with Crippen LogP contribution in [0.2, 0.25) is 0 Å². The quantitative estimate of drug-likeness (QED) is 0.0212. The van der Waals surface area contributed by atoms with Crippen molar-refractivity contribution in [3.63, 3.8) is 0 Å². The molecule has 12 aliphatic heterocycles. The highest BCUT2D eigenvalue weighted by Crippen LogP contribution is 2.42. The van der Waals surface area contributed by atoms with E-state index in [0.717, 1.165) is 99.2 Å². The zero-order chi connectivity index (χ0) is 105. The summed E-state index contributed by atoms with van der Waals surface area (Å²) in [4.78, 5) is 146. The Morgan fingerprint density at radius 1 is 0.496 bits per heavy atom. The van der Waals surface area contributed by atoms with E-state index in [1.807, 2.05) is 143 Å². The zero-order valence-corrected chi connectivity index (χ0v) is 105. The molecule has 12 rings (SSSR count). The molecule has 1 amide bonds. The number of hydrogen-bond acceptors (Lipinski definition) is 31. The van der Waals surface area contributed by atoms with E-state index in [-0.39, 0.29) is 152 Å². The summed E-state index contributed by atoms with van der Waals surface area (Å²) in [7, 11) is 3.55. The van der Waals surface area contributed by atoms with Crippen molar-refractivity contribution in [3.8, 4) is 0 Å². The van der Waals surface area contributed by atoms with E-state index in [1.165, 1.54) is 71.1 Å². The number of carbonyl (C=O) groups excluding carboxylic acids is 11. The van der Waals surface area contributed by atoms with Gasteiger partial charge in [0.25, 0.3) is 0 Å². The number of carbonyl (C=O) groups is 11. The van der Waals surface area contributed by atoms with E-state index in [0.29, 0.717) is 109 Å². The van der Waals surface area contributed by atoms with Gasteiger partial charge in [0.15, 0.2) is 9.84 Å². The Morgan fingerprint density at radius 2 is 0.950 bits per heavy atom. The first-order valence-corrected chi connectivity index (χ1v) is 61.3. The first kappa shape index (κ1) is 131. The largest absolute Gasteiger partial charge is 0.464 e. The van der Waals surface area contributed by atoms with Gasteiger partial charge in [-0.25, -0.2) is 13.2 Å². The van der Waals surface area contributed by atoms with Crippen LogP contribution in [-0.2, 0) is 110 Å². The fourth-order valence-corrected chi connectivity index (χ4v) is 20.5. The highest BCUT2D eigenvalue weighted by molar-refractivity contribution is 14.1. The predicted molar refractivity (Wildman–Crippen MR) is 609 cm³/mol. The second kappa shape index (κ2) is 62.6. The number of sulfone groups is 1. The van der Waals surface area contributed by atoms with Crippen LogP contribution in [0.15, 0.2) is 0 Å². The molecule has 0 spiro atoms. The molecule has 41 heteroatoms. The van der Waals surface area contributed by atoms with Crippen LogP contribution in [0.4, 0.5) is 4.79 Å². The number of halogens is 8. The number of hydrogen-bond donors (Lipinski definition) is 0. The molecule has 0 N–H and O–H groups in total. The highest BCUT2D eigenvalue weighted by atomic mass is 127. The van der Waals surface area contributed by atoms with Crippen LogP contribution in [0, 0.1) is 11.8 Å². The summed E-state index contributed by atoms with van der Waals surface area (Å²) in [5.41, 5.74) is -0.861. The third kappa shape index (κ3) is 50.6. The number of rotatable bonds is 30. The summed E-state index contributed by atoms with van der Waals surface area (Å²) < 4.78 is 81.2. The Balaban J connectivity index is 0.000000332. The van der Waals surface area contributed by atoms with Crippen molar-refractivity contribution in [2.45, 2.75) is 359 Å². The minimum Gasteiger partial charge on any atom is -0.464 e. The Labute approximate surface area is 941 Å². The second-order valence-electron chi connectivity index (χ2n) is 42.6. The summed E-state index contributed by atoms with van der Waals surface area (Å²) >= 11 is 17.1. The van der Waals surface area contributed by atoms with Gasteiger partial charge in [-0.15, -0.1) is 0 Å². The maximum Gasteiger partial charge on any atom is 0.410 e. The molecule has 0 aliphatic carbocycles. The third-order valence-corrected chi connectivity index (χ3v) is 33.4. The standard InChI is InChI=1S/C16H28INO4.C14H26INO2.C12H20INO5.C12H18INO3.C12H20INO2.C11H18INO2.C11H20INO2.C10H18INO4S/c1-11(17)13(19)21-16(5,6)12-7-9-18(10-8-12)14(20)22-15(2,3)4;1-12(2)8-10(9-13(3,4)16(12)7)18-11(17)14(5,6)15;1-2-10(13)12(16)19-8-7-18-11(15)9-14-3-5-17-6-4-14;1-12(2,13)11(16)17-10-5-7-4-8(15)6-9(10)14(7)3;1-12(2,13)11(15)16-10-6-8-4-5-9(7-10)14(8)3;1-11(2,12)10(14)15-9-7-13-5-3-8(9)4-6-13;12-6-4-5-11(14)15-10-9-13-7-2-1-3-8-13;11-3-1-2-10(13)16-7-4-12-5-8-17(14,15)9-6-12/h11-12H,7-10H2,1-6H3;10H,8-9H2,1-7H3;10H,2-9H2,1H3;7,9-10H,4-6H2,1-3H3;8-10H,4-7H2,1-3H3;8-9H,3-7H2,1-2H3;1-10H2;1-9H2. The Kier molecular flexibility index (Phi) is 58.9. The van der Waals surface area contributed by atoms with E-state index in [9.17, 15) is 61.2 Å². The van der Waals surface area contributed by atoms with Gasteiger partial charge in [-0.3, -0.25) is 77.3 Å². The molecule has 0 radical (unpaired) electrons. The number of esters is 9. The van der Waals surface area contributed by atoms with Crippen molar-refractivity contribution in [1.29, 1.82) is 0 Å². The molecule has 139 heavy (non-hydrogen) atoms. The van der Waals surface area contributed by atoms with Crippen molar-refractivity contribution in [2.24, 2.45) is 11.8 Å². The molecule has 0 aromatic carbocycles. The average molecular weight is 2890 g/mol. The van der Waals surface area contributed by atoms with Crippen LogP contribution in [0.5, 0.6) is 0 Å². The van der Waals surface area contributed by atoms with E-state index in [2.05, 4.69) is 224 Å². The minimum atomic E-state index is -2.82. The van der Waals surface area contributed by atoms with Crippen molar-refractivity contribution in [3.05, 3.63) is 0 Å². The number of ether oxygens (including phenoxy) is 11. The monoisotopic (exact) mass is 2890 g/mol. The Bertz CT molecular complexity index is 3870. The maximum atomic E-state index is 12.1. The molecule has 6 bridgehead atoms. The highest BCUT2D eigenvalue weighted by Gasteiger charge is 2.50. The lowest BCUT2D eigenvalue weighted by Crippen LogP contribution is -2.60.